The molecule has 2 nitrogen and oxygen atoms in total. The van der Waals surface area contributed by atoms with E-state index in [1.807, 2.05) is 0 Å². The van der Waals surface area contributed by atoms with Crippen LogP contribution in [0.3, 0.4) is 0 Å². The van der Waals surface area contributed by atoms with Crippen molar-refractivity contribution in [2.24, 2.45) is 0 Å². The number of hydrogen-bond donors (Lipinski definition) is 1. The van der Waals surface area contributed by atoms with Crippen LogP contribution in [-0.2, 0) is 6.54 Å². The smallest absolute Gasteiger partial charge is 0.0403 e. The zero-order chi connectivity index (χ0) is 14.7. The van der Waals surface area contributed by atoms with Gasteiger partial charge in [0.1, 0.15) is 0 Å². The molecule has 2 unspecified atom stereocenters. The summed E-state index contributed by atoms with van der Waals surface area (Å²) >= 11 is 0. The van der Waals surface area contributed by atoms with Gasteiger partial charge >= 0.3 is 0 Å². The largest absolute Gasteiger partial charge is 0.381 e. The van der Waals surface area contributed by atoms with E-state index in [1.165, 1.54) is 23.2 Å². The fourth-order valence-electron chi connectivity index (χ4n) is 3.13. The molecule has 2 atom stereocenters. The fraction of sp³-hybridized carbons (Fsp3) is 0.368. The highest BCUT2D eigenvalue weighted by atomic mass is 15.2. The fourth-order valence-corrected chi connectivity index (χ4v) is 3.13. The third-order valence-electron chi connectivity index (χ3n) is 4.35. The van der Waals surface area contributed by atoms with Gasteiger partial charge in [0.15, 0.2) is 0 Å². The maximum Gasteiger partial charge on any atom is 0.0403 e. The van der Waals surface area contributed by atoms with E-state index < -0.39 is 0 Å². The van der Waals surface area contributed by atoms with Gasteiger partial charge in [-0.1, -0.05) is 48.0 Å². The normalized spacial score (nSPS) is 22.4. The molecule has 0 spiro atoms. The van der Waals surface area contributed by atoms with E-state index in [9.17, 15) is 0 Å². The maximum absolute atomic E-state index is 3.67. The average Bonchev–Trinajstić information content (AvgIpc) is 2.82. The van der Waals surface area contributed by atoms with Gasteiger partial charge in [-0.2, -0.15) is 0 Å². The first kappa shape index (κ1) is 14.2. The van der Waals surface area contributed by atoms with Gasteiger partial charge < -0.3 is 5.32 Å². The van der Waals surface area contributed by atoms with Crippen molar-refractivity contribution in [3.05, 3.63) is 65.7 Å². The first-order valence-electron chi connectivity index (χ1n) is 7.82. The lowest BCUT2D eigenvalue weighted by molar-refractivity contribution is 0.259. The number of aryl methyl sites for hydroxylation is 1. The summed E-state index contributed by atoms with van der Waals surface area (Å²) < 4.78 is 0. The molecule has 1 aliphatic rings. The van der Waals surface area contributed by atoms with Gasteiger partial charge in [0.2, 0.25) is 0 Å². The third kappa shape index (κ3) is 3.64. The molecule has 1 heterocycles. The summed E-state index contributed by atoms with van der Waals surface area (Å²) in [6, 6.07) is 20.6. The van der Waals surface area contributed by atoms with Crippen LogP contribution in [0.2, 0.25) is 0 Å². The molecule has 2 aromatic rings. The Morgan fingerprint density at radius 2 is 1.76 bits per heavy atom. The highest BCUT2D eigenvalue weighted by Crippen LogP contribution is 2.23. The number of nitrogens with one attached hydrogen (secondary N) is 1. The second-order valence-corrected chi connectivity index (χ2v) is 6.21. The number of hydrogen-bond acceptors (Lipinski definition) is 2. The van der Waals surface area contributed by atoms with E-state index in [0.717, 1.165) is 13.1 Å². The Balaban J connectivity index is 1.59. The molecule has 21 heavy (non-hydrogen) atoms. The van der Waals surface area contributed by atoms with Gasteiger partial charge in [-0.05, 0) is 38.0 Å². The second-order valence-electron chi connectivity index (χ2n) is 6.21. The predicted molar refractivity (Wildman–Crippen MR) is 89.5 cm³/mol. The Labute approximate surface area is 127 Å². The topological polar surface area (TPSA) is 15.3 Å². The average molecular weight is 280 g/mol. The lowest BCUT2D eigenvalue weighted by Crippen LogP contribution is -2.28. The van der Waals surface area contributed by atoms with E-state index in [-0.39, 0.29) is 0 Å². The maximum atomic E-state index is 3.67. The van der Waals surface area contributed by atoms with Crippen molar-refractivity contribution < 1.29 is 0 Å². The lowest BCUT2D eigenvalue weighted by atomic mass is 10.1. The van der Waals surface area contributed by atoms with Crippen LogP contribution in [0.25, 0.3) is 0 Å². The molecule has 1 saturated heterocycles. The van der Waals surface area contributed by atoms with E-state index >= 15 is 0 Å². The van der Waals surface area contributed by atoms with Crippen LogP contribution in [0.5, 0.6) is 0 Å². The molecule has 0 saturated carbocycles. The molecule has 2 heteroatoms. The summed E-state index contributed by atoms with van der Waals surface area (Å²) in [5.74, 6) is 0. The minimum absolute atomic E-state index is 0.548. The molecular formula is C19H24N2. The summed E-state index contributed by atoms with van der Waals surface area (Å²) in [6.45, 7) is 6.63. The predicted octanol–water partition coefficient (Wildman–Crippen LogP) is 4.07. The van der Waals surface area contributed by atoms with Crippen LogP contribution < -0.4 is 5.32 Å². The van der Waals surface area contributed by atoms with Gasteiger partial charge in [-0.15, -0.1) is 0 Å². The van der Waals surface area contributed by atoms with E-state index in [2.05, 4.69) is 78.7 Å². The Bertz CT molecular complexity index is 562. The highest BCUT2D eigenvalue weighted by Gasteiger charge is 2.28. The van der Waals surface area contributed by atoms with Crippen molar-refractivity contribution in [3.8, 4) is 0 Å². The Morgan fingerprint density at radius 3 is 2.48 bits per heavy atom. The Kier molecular flexibility index (Phi) is 4.26. The Morgan fingerprint density at radius 1 is 1.05 bits per heavy atom. The molecule has 0 radical (unpaired) electrons. The van der Waals surface area contributed by atoms with Gasteiger partial charge in [0.25, 0.3) is 0 Å². The molecule has 0 aliphatic carbocycles. The highest BCUT2D eigenvalue weighted by molar-refractivity contribution is 5.45. The summed E-state index contributed by atoms with van der Waals surface area (Å²) in [4.78, 5) is 2.57. The van der Waals surface area contributed by atoms with E-state index in [1.54, 1.807) is 0 Å². The van der Waals surface area contributed by atoms with Crippen molar-refractivity contribution in [2.45, 2.75) is 38.9 Å². The van der Waals surface area contributed by atoms with Crippen LogP contribution in [-0.4, -0.2) is 23.5 Å². The van der Waals surface area contributed by atoms with Crippen LogP contribution in [0.4, 0.5) is 5.69 Å². The van der Waals surface area contributed by atoms with Crippen molar-refractivity contribution in [1.29, 1.82) is 0 Å². The summed E-state index contributed by atoms with van der Waals surface area (Å²) in [5, 5.41) is 3.67. The molecular weight excluding hydrogens is 256 g/mol. The molecule has 0 amide bonds. The van der Waals surface area contributed by atoms with Gasteiger partial charge in [0.05, 0.1) is 0 Å². The lowest BCUT2D eigenvalue weighted by Gasteiger charge is -2.21. The van der Waals surface area contributed by atoms with Gasteiger partial charge in [-0.25, -0.2) is 0 Å². The summed E-state index contributed by atoms with van der Waals surface area (Å²) in [5.41, 5.74) is 3.95. The first-order valence-corrected chi connectivity index (χ1v) is 7.82. The van der Waals surface area contributed by atoms with Gasteiger partial charge in [-0.3, -0.25) is 4.90 Å². The monoisotopic (exact) mass is 280 g/mol. The number of likely N-dealkylation sites (tertiary alicyclic amines) is 1. The zero-order valence-corrected chi connectivity index (χ0v) is 12.9. The second kappa shape index (κ2) is 6.31. The number of benzene rings is 2. The molecule has 0 aromatic heterocycles. The molecule has 110 valence electrons. The first-order chi connectivity index (χ1) is 10.2. The number of nitrogens with zero attached hydrogens (tertiary/aromatic N) is 1. The Hall–Kier alpha value is -1.80. The SMILES string of the molecule is Cc1ccc(NC2CC(C)N(Cc3ccccc3)C2)cc1. The quantitative estimate of drug-likeness (QED) is 0.908. The van der Waals surface area contributed by atoms with Crippen molar-refractivity contribution in [3.63, 3.8) is 0 Å². The summed E-state index contributed by atoms with van der Waals surface area (Å²) in [7, 11) is 0. The van der Waals surface area contributed by atoms with Crippen LogP contribution >= 0.6 is 0 Å². The number of rotatable bonds is 4. The van der Waals surface area contributed by atoms with Gasteiger partial charge in [0, 0.05) is 30.9 Å². The van der Waals surface area contributed by atoms with Crippen LogP contribution in [0.1, 0.15) is 24.5 Å². The number of anilines is 1. The van der Waals surface area contributed by atoms with Crippen LogP contribution in [0, 0.1) is 6.92 Å². The van der Waals surface area contributed by atoms with E-state index in [4.69, 9.17) is 0 Å². The zero-order valence-electron chi connectivity index (χ0n) is 12.9. The van der Waals surface area contributed by atoms with E-state index in [0.29, 0.717) is 12.1 Å². The molecule has 2 aromatic carbocycles. The molecule has 3 rings (SSSR count). The molecule has 0 bridgehead atoms. The van der Waals surface area contributed by atoms with Crippen molar-refractivity contribution in [2.75, 3.05) is 11.9 Å². The third-order valence-corrected chi connectivity index (χ3v) is 4.35. The minimum atomic E-state index is 0.548. The summed E-state index contributed by atoms with van der Waals surface area (Å²) in [6.07, 6.45) is 1.21. The standard InChI is InChI=1S/C19H24N2/c1-15-8-10-18(11-9-15)20-19-12-16(2)21(14-19)13-17-6-4-3-5-7-17/h3-11,16,19-20H,12-14H2,1-2H3. The van der Waals surface area contributed by atoms with Crippen LogP contribution in [0.15, 0.2) is 54.6 Å². The molecule has 1 fully saturated rings. The molecule has 1 aliphatic heterocycles. The van der Waals surface area contributed by atoms with Crippen molar-refractivity contribution in [1.82, 2.24) is 4.90 Å². The molecule has 1 N–H and O–H groups in total. The minimum Gasteiger partial charge on any atom is -0.381 e. The van der Waals surface area contributed by atoms with Crippen molar-refractivity contribution >= 4 is 5.69 Å².